The van der Waals surface area contributed by atoms with Crippen molar-refractivity contribution in [3.63, 3.8) is 0 Å². The third-order valence-electron chi connectivity index (χ3n) is 6.31. The maximum Gasteiger partial charge on any atom is 0.357 e. The molecule has 0 fully saturated rings. The minimum absolute atomic E-state index is 0.106. The number of ether oxygens (including phenoxy) is 1. The zero-order valence-electron chi connectivity index (χ0n) is 23.8. The average molecular weight is 521 g/mol. The van der Waals surface area contributed by atoms with Crippen molar-refractivity contribution in [3.05, 3.63) is 51.5 Å². The number of esters is 1. The molecule has 198 valence electrons. The van der Waals surface area contributed by atoms with Crippen molar-refractivity contribution in [2.75, 3.05) is 27.2 Å². The molecule has 7 heteroatoms. The van der Waals surface area contributed by atoms with Gasteiger partial charge in [-0.3, -0.25) is 0 Å². The van der Waals surface area contributed by atoms with Gasteiger partial charge in [-0.2, -0.15) is 0 Å². The van der Waals surface area contributed by atoms with Crippen LogP contribution >= 0.6 is 11.3 Å². The van der Waals surface area contributed by atoms with Crippen LogP contribution in [-0.2, 0) is 15.6 Å². The smallest absolute Gasteiger partial charge is 0.357 e. The lowest BCUT2D eigenvalue weighted by Gasteiger charge is -2.44. The van der Waals surface area contributed by atoms with E-state index in [1.54, 1.807) is 5.38 Å². The summed E-state index contributed by atoms with van der Waals surface area (Å²) in [6.07, 6.45) is 9.31. The summed E-state index contributed by atoms with van der Waals surface area (Å²) in [6, 6.07) is 0. The maximum absolute atomic E-state index is 12.1. The van der Waals surface area contributed by atoms with E-state index in [0.717, 1.165) is 17.1 Å². The van der Waals surface area contributed by atoms with Crippen LogP contribution < -0.4 is 0 Å². The normalized spacial score (nSPS) is 14.7. The molecule has 0 amide bonds. The van der Waals surface area contributed by atoms with E-state index in [1.807, 2.05) is 6.92 Å². The first kappa shape index (κ1) is 31.5. The second-order valence-electron chi connectivity index (χ2n) is 10.5. The molecule has 0 unspecified atom stereocenters. The molecule has 0 saturated carbocycles. The highest BCUT2D eigenvalue weighted by molar-refractivity contribution is 7.09. The lowest BCUT2D eigenvalue weighted by atomic mass is 10.1. The fourth-order valence-corrected chi connectivity index (χ4v) is 11.0. The quantitative estimate of drug-likeness (QED) is 0.145. The van der Waals surface area contributed by atoms with Crippen LogP contribution in [0.1, 0.15) is 77.8 Å². The molecule has 35 heavy (non-hydrogen) atoms. The molecule has 0 aliphatic carbocycles. The van der Waals surface area contributed by atoms with Gasteiger partial charge >= 0.3 is 5.97 Å². The second-order valence-corrected chi connectivity index (χ2v) is 16.8. The number of hydrogen-bond donors (Lipinski definition) is 0. The number of allylic oxidation sites excluding steroid dienone is 4. The zero-order valence-corrected chi connectivity index (χ0v) is 25.7. The Morgan fingerprint density at radius 3 is 2.14 bits per heavy atom. The van der Waals surface area contributed by atoms with E-state index in [2.05, 4.69) is 104 Å². The molecule has 0 spiro atoms. The summed E-state index contributed by atoms with van der Waals surface area (Å²) in [6.45, 7) is 21.2. The highest BCUT2D eigenvalue weighted by Crippen LogP contribution is 2.43. The van der Waals surface area contributed by atoms with E-state index in [4.69, 9.17) is 9.16 Å². The van der Waals surface area contributed by atoms with Gasteiger partial charge in [0.2, 0.25) is 8.32 Å². The van der Waals surface area contributed by atoms with Crippen molar-refractivity contribution in [1.82, 2.24) is 9.88 Å². The van der Waals surface area contributed by atoms with Gasteiger partial charge in [0.15, 0.2) is 5.69 Å². The highest BCUT2D eigenvalue weighted by Gasteiger charge is 2.46. The van der Waals surface area contributed by atoms with Gasteiger partial charge in [0.05, 0.1) is 17.7 Å². The average Bonchev–Trinajstić information content (AvgIpc) is 3.22. The van der Waals surface area contributed by atoms with Crippen LogP contribution in [-0.4, -0.2) is 57.5 Å². The van der Waals surface area contributed by atoms with Crippen LogP contribution in [0.15, 0.2) is 40.8 Å². The number of nitrogens with zero attached hydrogens (tertiary/aromatic N) is 2. The summed E-state index contributed by atoms with van der Waals surface area (Å²) in [5, 5.41) is 2.69. The number of carbonyl (C=O) groups excluding carboxylic acids is 1. The Balaban J connectivity index is 3.30. The van der Waals surface area contributed by atoms with Gasteiger partial charge in [0.25, 0.3) is 0 Å². The summed E-state index contributed by atoms with van der Waals surface area (Å²) >= 11 is 1.50. The minimum Gasteiger partial charge on any atom is -0.461 e. The Morgan fingerprint density at radius 1 is 1.06 bits per heavy atom. The standard InChI is InChI=1S/C28H48N2O3SSi/c1-12-32-28(31)26-19-34-27(29-26)18-25(33-35(20(2)3,21(4)5)22(6)7)17-24(9)14-13-23(8)15-16-30(10)11/h13-15,17,19-22,25H,12,16,18H2,1-11H3/b14-13+,23-15+,24-17+/t25-/m0/s1. The summed E-state index contributed by atoms with van der Waals surface area (Å²) in [5.41, 5.74) is 4.23. The Morgan fingerprint density at radius 2 is 1.63 bits per heavy atom. The molecule has 0 radical (unpaired) electrons. The van der Waals surface area contributed by atoms with E-state index >= 15 is 0 Å². The lowest BCUT2D eigenvalue weighted by molar-refractivity contribution is 0.0520. The molecule has 0 aliphatic heterocycles. The van der Waals surface area contributed by atoms with Crippen LogP contribution in [0.2, 0.25) is 16.6 Å². The third-order valence-corrected chi connectivity index (χ3v) is 13.3. The molecule has 0 N–H and O–H groups in total. The number of hydrogen-bond acceptors (Lipinski definition) is 6. The number of aromatic nitrogens is 1. The molecule has 1 atom stereocenters. The maximum atomic E-state index is 12.1. The molecule has 1 aromatic rings. The molecular formula is C28H48N2O3SSi. The van der Waals surface area contributed by atoms with Crippen molar-refractivity contribution < 1.29 is 14.0 Å². The number of carbonyl (C=O) groups is 1. The van der Waals surface area contributed by atoms with Crippen LogP contribution in [0.5, 0.6) is 0 Å². The predicted octanol–water partition coefficient (Wildman–Crippen LogP) is 7.43. The Kier molecular flexibility index (Phi) is 13.4. The number of rotatable bonds is 14. The van der Waals surface area contributed by atoms with E-state index < -0.39 is 8.32 Å². The Hall–Kier alpha value is -1.54. The van der Waals surface area contributed by atoms with Crippen LogP contribution in [0.25, 0.3) is 0 Å². The first-order valence-electron chi connectivity index (χ1n) is 12.8. The largest absolute Gasteiger partial charge is 0.461 e. The topological polar surface area (TPSA) is 51.7 Å². The summed E-state index contributed by atoms with van der Waals surface area (Å²) < 4.78 is 12.3. The van der Waals surface area contributed by atoms with E-state index in [9.17, 15) is 4.79 Å². The molecule has 5 nitrogen and oxygen atoms in total. The second kappa shape index (κ2) is 14.9. The Labute approximate surface area is 219 Å². The lowest BCUT2D eigenvalue weighted by Crippen LogP contribution is -2.50. The van der Waals surface area contributed by atoms with Gasteiger partial charge in [-0.1, -0.05) is 77.0 Å². The monoisotopic (exact) mass is 520 g/mol. The van der Waals surface area contributed by atoms with E-state index in [-0.39, 0.29) is 12.1 Å². The first-order valence-corrected chi connectivity index (χ1v) is 15.8. The van der Waals surface area contributed by atoms with Gasteiger partial charge < -0.3 is 14.1 Å². The van der Waals surface area contributed by atoms with E-state index in [1.165, 1.54) is 16.9 Å². The molecular weight excluding hydrogens is 472 g/mol. The number of thiazole rings is 1. The van der Waals surface area contributed by atoms with Crippen molar-refractivity contribution >= 4 is 25.6 Å². The van der Waals surface area contributed by atoms with Gasteiger partial charge in [-0.15, -0.1) is 11.3 Å². The fraction of sp³-hybridized carbons (Fsp3) is 0.643. The van der Waals surface area contributed by atoms with Crippen molar-refractivity contribution in [3.8, 4) is 0 Å². The summed E-state index contributed by atoms with van der Waals surface area (Å²) in [7, 11) is 2.03. The third kappa shape index (κ3) is 9.79. The highest BCUT2D eigenvalue weighted by atomic mass is 32.1. The minimum atomic E-state index is -2.11. The SMILES string of the molecule is CCOC(=O)c1csc(C[C@H](/C=C(C)/C=C/C(C)=C/CN(C)C)O[Si](C(C)C)(C(C)C)C(C)C)n1. The molecule has 0 bridgehead atoms. The molecule has 0 aliphatic rings. The molecule has 1 aromatic heterocycles. The summed E-state index contributed by atoms with van der Waals surface area (Å²) in [5.74, 6) is -0.364. The number of likely N-dealkylation sites (N-methyl/N-ethyl adjacent to an activating group) is 1. The first-order chi connectivity index (χ1) is 16.3. The zero-order chi connectivity index (χ0) is 26.8. The molecule has 1 rings (SSSR count). The Bertz CT molecular complexity index is 863. The van der Waals surface area contributed by atoms with Crippen LogP contribution in [0.3, 0.4) is 0 Å². The molecule has 1 heterocycles. The molecule has 0 aromatic carbocycles. The van der Waals surface area contributed by atoms with Crippen molar-refractivity contribution in [2.24, 2.45) is 0 Å². The molecule has 0 saturated heterocycles. The summed E-state index contributed by atoms with van der Waals surface area (Å²) in [4.78, 5) is 18.9. The van der Waals surface area contributed by atoms with E-state index in [0.29, 0.717) is 35.3 Å². The van der Waals surface area contributed by atoms with Gasteiger partial charge in [-0.25, -0.2) is 9.78 Å². The predicted molar refractivity (Wildman–Crippen MR) is 153 cm³/mol. The van der Waals surface area contributed by atoms with Gasteiger partial charge in [-0.05, 0) is 51.5 Å². The van der Waals surface area contributed by atoms with Crippen LogP contribution in [0.4, 0.5) is 0 Å². The van der Waals surface area contributed by atoms with Crippen molar-refractivity contribution in [2.45, 2.75) is 91.5 Å². The fourth-order valence-electron chi connectivity index (χ4n) is 4.69. The van der Waals surface area contributed by atoms with Gasteiger partial charge in [0, 0.05) is 18.3 Å². The van der Waals surface area contributed by atoms with Crippen molar-refractivity contribution in [1.29, 1.82) is 0 Å². The van der Waals surface area contributed by atoms with Gasteiger partial charge in [0.1, 0.15) is 0 Å². The van der Waals surface area contributed by atoms with Crippen LogP contribution in [0, 0.1) is 0 Å².